The highest BCUT2D eigenvalue weighted by atomic mass is 19.1. The van der Waals surface area contributed by atoms with E-state index in [4.69, 9.17) is 0 Å². The molecule has 6 nitrogen and oxygen atoms in total. The standard InChI is InChI=1S/C21H23FN4O2/c1-3-16(27)11-25-20-13(9-23)7-14(10-24-20)17-8-18(19(22)6-12(17)2)21(28)26-15-4-5-15/h6-8,10,15-16,27H,3-5,11H2,1-2H3,(H,24,25)(H,26,28)/t16-/m1/s1. The predicted molar refractivity (Wildman–Crippen MR) is 104 cm³/mol. The fourth-order valence-electron chi connectivity index (χ4n) is 2.85. The molecule has 0 radical (unpaired) electrons. The summed E-state index contributed by atoms with van der Waals surface area (Å²) in [5.41, 5.74) is 2.21. The Bertz CT molecular complexity index is 935. The molecule has 28 heavy (non-hydrogen) atoms. The number of halogens is 1. The Hall–Kier alpha value is -2.98. The number of aliphatic hydroxyl groups is 1. The topological polar surface area (TPSA) is 98.0 Å². The van der Waals surface area contributed by atoms with Gasteiger partial charge in [0.2, 0.25) is 0 Å². The lowest BCUT2D eigenvalue weighted by Crippen LogP contribution is -2.26. The minimum Gasteiger partial charge on any atom is -0.391 e. The Morgan fingerprint density at radius 2 is 2.18 bits per heavy atom. The Kier molecular flexibility index (Phi) is 5.90. The summed E-state index contributed by atoms with van der Waals surface area (Å²) in [4.78, 5) is 16.6. The van der Waals surface area contributed by atoms with E-state index in [0.717, 1.165) is 12.8 Å². The molecule has 1 saturated carbocycles. The van der Waals surface area contributed by atoms with Crippen LogP contribution < -0.4 is 10.6 Å². The maximum atomic E-state index is 14.3. The number of anilines is 1. The van der Waals surface area contributed by atoms with Crippen molar-refractivity contribution < 1.29 is 14.3 Å². The molecule has 0 unspecified atom stereocenters. The van der Waals surface area contributed by atoms with Crippen LogP contribution in [0, 0.1) is 24.1 Å². The van der Waals surface area contributed by atoms with Gasteiger partial charge in [-0.1, -0.05) is 6.92 Å². The van der Waals surface area contributed by atoms with Crippen molar-refractivity contribution in [2.24, 2.45) is 0 Å². The number of benzene rings is 1. The van der Waals surface area contributed by atoms with E-state index >= 15 is 0 Å². The molecule has 3 N–H and O–H groups in total. The number of carbonyl (C=O) groups excluding carboxylic acids is 1. The Morgan fingerprint density at radius 3 is 2.82 bits per heavy atom. The average molecular weight is 382 g/mol. The minimum atomic E-state index is -0.570. The Balaban J connectivity index is 1.91. The van der Waals surface area contributed by atoms with Crippen LogP contribution in [-0.2, 0) is 0 Å². The normalized spacial score (nSPS) is 14.2. The van der Waals surface area contributed by atoms with E-state index in [9.17, 15) is 19.6 Å². The van der Waals surface area contributed by atoms with Crippen LogP contribution in [0.2, 0.25) is 0 Å². The molecule has 1 aliphatic rings. The summed E-state index contributed by atoms with van der Waals surface area (Å²) in [6, 6.07) is 6.71. The van der Waals surface area contributed by atoms with Crippen molar-refractivity contribution in [2.45, 2.75) is 45.3 Å². The summed E-state index contributed by atoms with van der Waals surface area (Å²) in [6.07, 6.45) is 3.48. The minimum absolute atomic E-state index is 0.0146. The molecule has 1 fully saturated rings. The van der Waals surface area contributed by atoms with Crippen LogP contribution in [0.4, 0.5) is 10.2 Å². The lowest BCUT2D eigenvalue weighted by atomic mass is 9.97. The van der Waals surface area contributed by atoms with Crippen molar-refractivity contribution in [1.82, 2.24) is 10.3 Å². The van der Waals surface area contributed by atoms with Gasteiger partial charge in [0.15, 0.2) is 0 Å². The number of amides is 1. The molecule has 0 aliphatic heterocycles. The van der Waals surface area contributed by atoms with Gasteiger partial charge in [-0.2, -0.15) is 5.26 Å². The summed E-state index contributed by atoms with van der Waals surface area (Å²) in [6.45, 7) is 3.90. The maximum Gasteiger partial charge on any atom is 0.254 e. The van der Waals surface area contributed by atoms with Crippen LogP contribution in [0.3, 0.4) is 0 Å². The molecule has 0 spiro atoms. The van der Waals surface area contributed by atoms with E-state index in [1.165, 1.54) is 12.1 Å². The number of nitriles is 1. The van der Waals surface area contributed by atoms with Gasteiger partial charge in [-0.15, -0.1) is 0 Å². The van der Waals surface area contributed by atoms with Crippen LogP contribution in [-0.4, -0.2) is 34.7 Å². The van der Waals surface area contributed by atoms with E-state index in [1.807, 2.05) is 6.92 Å². The fourth-order valence-corrected chi connectivity index (χ4v) is 2.85. The van der Waals surface area contributed by atoms with Crippen LogP contribution >= 0.6 is 0 Å². The smallest absolute Gasteiger partial charge is 0.254 e. The summed E-state index contributed by atoms with van der Waals surface area (Å²) >= 11 is 0. The van der Waals surface area contributed by atoms with Crippen LogP contribution in [0.5, 0.6) is 0 Å². The second-order valence-corrected chi connectivity index (χ2v) is 7.07. The first-order valence-corrected chi connectivity index (χ1v) is 9.36. The van der Waals surface area contributed by atoms with Gasteiger partial charge in [0.25, 0.3) is 5.91 Å². The molecule has 0 saturated heterocycles. The number of nitrogens with one attached hydrogen (secondary N) is 2. The SMILES string of the molecule is CC[C@@H](O)CNc1ncc(-c2cc(C(=O)NC3CC3)c(F)cc2C)cc1C#N. The number of hydrogen-bond donors (Lipinski definition) is 3. The largest absolute Gasteiger partial charge is 0.391 e. The van der Waals surface area contributed by atoms with Gasteiger partial charge in [-0.25, -0.2) is 9.37 Å². The lowest BCUT2D eigenvalue weighted by molar-refractivity contribution is 0.0947. The van der Waals surface area contributed by atoms with Gasteiger partial charge in [-0.05, 0) is 55.5 Å². The van der Waals surface area contributed by atoms with Crippen LogP contribution in [0.15, 0.2) is 24.4 Å². The number of rotatable bonds is 7. The van der Waals surface area contributed by atoms with Crippen molar-refractivity contribution >= 4 is 11.7 Å². The molecule has 1 atom stereocenters. The highest BCUT2D eigenvalue weighted by Crippen LogP contribution is 2.29. The number of aromatic nitrogens is 1. The van der Waals surface area contributed by atoms with E-state index in [-0.39, 0.29) is 11.6 Å². The maximum absolute atomic E-state index is 14.3. The van der Waals surface area contributed by atoms with Crippen molar-refractivity contribution in [3.63, 3.8) is 0 Å². The van der Waals surface area contributed by atoms with E-state index in [2.05, 4.69) is 21.7 Å². The summed E-state index contributed by atoms with van der Waals surface area (Å²) in [5.74, 6) is -0.619. The number of hydrogen-bond acceptors (Lipinski definition) is 5. The molecule has 1 aromatic carbocycles. The fraction of sp³-hybridized carbons (Fsp3) is 0.381. The van der Waals surface area contributed by atoms with Crippen LogP contribution in [0.25, 0.3) is 11.1 Å². The van der Waals surface area contributed by atoms with Gasteiger partial charge in [0.1, 0.15) is 17.7 Å². The molecule has 1 heterocycles. The summed E-state index contributed by atoms with van der Waals surface area (Å²) < 4.78 is 14.3. The van der Waals surface area contributed by atoms with E-state index in [1.54, 1.807) is 19.2 Å². The van der Waals surface area contributed by atoms with Gasteiger partial charge in [0, 0.05) is 24.3 Å². The molecule has 1 aromatic heterocycles. The van der Waals surface area contributed by atoms with Crippen molar-refractivity contribution in [3.8, 4) is 17.2 Å². The van der Waals surface area contributed by atoms with Gasteiger partial charge in [0.05, 0.1) is 17.2 Å². The van der Waals surface area contributed by atoms with Gasteiger partial charge in [-0.3, -0.25) is 4.79 Å². The molecule has 146 valence electrons. The molecule has 0 bridgehead atoms. The van der Waals surface area contributed by atoms with E-state index in [0.29, 0.717) is 41.0 Å². The Morgan fingerprint density at radius 1 is 1.43 bits per heavy atom. The number of nitrogens with zero attached hydrogens (tertiary/aromatic N) is 2. The molecular weight excluding hydrogens is 359 g/mol. The number of pyridine rings is 1. The third-order valence-electron chi connectivity index (χ3n) is 4.77. The summed E-state index contributed by atoms with van der Waals surface area (Å²) in [7, 11) is 0. The second-order valence-electron chi connectivity index (χ2n) is 7.07. The number of aryl methyl sites for hydroxylation is 1. The highest BCUT2D eigenvalue weighted by Gasteiger charge is 2.25. The summed E-state index contributed by atoms with van der Waals surface area (Å²) in [5, 5.41) is 24.9. The van der Waals surface area contributed by atoms with Gasteiger partial charge < -0.3 is 15.7 Å². The number of carbonyl (C=O) groups is 1. The third-order valence-corrected chi connectivity index (χ3v) is 4.77. The Labute approximate surface area is 163 Å². The first-order valence-electron chi connectivity index (χ1n) is 9.36. The first-order chi connectivity index (χ1) is 13.4. The molecule has 1 amide bonds. The van der Waals surface area contributed by atoms with Crippen molar-refractivity contribution in [3.05, 3.63) is 46.9 Å². The lowest BCUT2D eigenvalue weighted by Gasteiger charge is -2.14. The molecule has 2 aromatic rings. The first kappa shape index (κ1) is 19.8. The average Bonchev–Trinajstić information content (AvgIpc) is 3.49. The van der Waals surface area contributed by atoms with Crippen molar-refractivity contribution in [2.75, 3.05) is 11.9 Å². The molecule has 3 rings (SSSR count). The molecule has 7 heteroatoms. The zero-order valence-corrected chi connectivity index (χ0v) is 15.9. The zero-order valence-electron chi connectivity index (χ0n) is 15.9. The van der Waals surface area contributed by atoms with E-state index < -0.39 is 17.8 Å². The van der Waals surface area contributed by atoms with Crippen LogP contribution in [0.1, 0.15) is 47.7 Å². The zero-order chi connectivity index (χ0) is 20.3. The van der Waals surface area contributed by atoms with Crippen molar-refractivity contribution in [1.29, 1.82) is 5.26 Å². The second kappa shape index (κ2) is 8.36. The monoisotopic (exact) mass is 382 g/mol. The highest BCUT2D eigenvalue weighted by molar-refractivity contribution is 5.96. The third kappa shape index (κ3) is 4.46. The molecular formula is C21H23FN4O2. The quantitative estimate of drug-likeness (QED) is 0.683. The molecule has 1 aliphatic carbocycles. The number of aliphatic hydroxyl groups excluding tert-OH is 1. The van der Waals surface area contributed by atoms with Gasteiger partial charge >= 0.3 is 0 Å². The predicted octanol–water partition coefficient (Wildman–Crippen LogP) is 3.14.